The van der Waals surface area contributed by atoms with Crippen molar-refractivity contribution in [3.63, 3.8) is 0 Å². The SMILES string of the molecule is O=C(O)c1nccn1CCCc1ccc(Cl)cc1. The molecular weight excluding hydrogens is 252 g/mol. The highest BCUT2D eigenvalue weighted by Gasteiger charge is 2.09. The number of halogens is 1. The first-order chi connectivity index (χ1) is 8.66. The number of aryl methyl sites for hydroxylation is 2. The molecule has 0 amide bonds. The van der Waals surface area contributed by atoms with E-state index in [1.807, 2.05) is 24.3 Å². The maximum absolute atomic E-state index is 10.9. The standard InChI is InChI=1S/C13H13ClN2O2/c14-11-5-3-10(4-6-11)2-1-8-16-9-7-15-12(16)13(17)18/h3-7,9H,1-2,8H2,(H,17,18). The summed E-state index contributed by atoms with van der Waals surface area (Å²) in [5.74, 6) is -0.905. The summed E-state index contributed by atoms with van der Waals surface area (Å²) < 4.78 is 1.65. The van der Waals surface area contributed by atoms with E-state index in [9.17, 15) is 4.79 Å². The van der Waals surface area contributed by atoms with Crippen molar-refractivity contribution in [2.24, 2.45) is 0 Å². The number of hydrogen-bond donors (Lipinski definition) is 1. The number of carbonyl (C=O) groups is 1. The van der Waals surface area contributed by atoms with Crippen LogP contribution in [0.4, 0.5) is 0 Å². The normalized spacial score (nSPS) is 10.5. The number of hydrogen-bond acceptors (Lipinski definition) is 2. The van der Waals surface area contributed by atoms with Crippen molar-refractivity contribution < 1.29 is 9.90 Å². The first kappa shape index (κ1) is 12.6. The van der Waals surface area contributed by atoms with Gasteiger partial charge in [-0.25, -0.2) is 9.78 Å². The van der Waals surface area contributed by atoms with Crippen LogP contribution in [0.3, 0.4) is 0 Å². The van der Waals surface area contributed by atoms with Crippen molar-refractivity contribution in [3.05, 3.63) is 53.1 Å². The Kier molecular flexibility index (Phi) is 3.99. The third-order valence-corrected chi connectivity index (χ3v) is 2.94. The molecule has 1 heterocycles. The number of carboxylic acids is 1. The molecule has 1 N–H and O–H groups in total. The molecule has 0 saturated heterocycles. The molecule has 1 aromatic carbocycles. The molecule has 0 atom stereocenters. The molecule has 0 spiro atoms. The number of nitrogens with zero attached hydrogens (tertiary/aromatic N) is 2. The fourth-order valence-electron chi connectivity index (χ4n) is 1.79. The van der Waals surface area contributed by atoms with Gasteiger partial charge in [-0.3, -0.25) is 0 Å². The Morgan fingerprint density at radius 1 is 1.33 bits per heavy atom. The Morgan fingerprint density at radius 2 is 2.06 bits per heavy atom. The number of benzene rings is 1. The quantitative estimate of drug-likeness (QED) is 0.903. The molecular formula is C13H13ClN2O2. The Hall–Kier alpha value is -1.81. The first-order valence-electron chi connectivity index (χ1n) is 5.65. The van der Waals surface area contributed by atoms with E-state index in [0.29, 0.717) is 6.54 Å². The number of aromatic carboxylic acids is 1. The van der Waals surface area contributed by atoms with Gasteiger partial charge in [0.15, 0.2) is 0 Å². The predicted molar refractivity (Wildman–Crippen MR) is 69.0 cm³/mol. The lowest BCUT2D eigenvalue weighted by molar-refractivity contribution is 0.0678. The van der Waals surface area contributed by atoms with Crippen LogP contribution < -0.4 is 0 Å². The van der Waals surface area contributed by atoms with Crippen molar-refractivity contribution >= 4 is 17.6 Å². The van der Waals surface area contributed by atoms with Crippen LogP contribution in [0.15, 0.2) is 36.7 Å². The minimum absolute atomic E-state index is 0.0890. The van der Waals surface area contributed by atoms with Gasteiger partial charge < -0.3 is 9.67 Å². The summed E-state index contributed by atoms with van der Waals surface area (Å²) in [5.41, 5.74) is 1.19. The van der Waals surface area contributed by atoms with E-state index in [0.717, 1.165) is 17.9 Å². The third kappa shape index (κ3) is 3.11. The second kappa shape index (κ2) is 5.69. The number of rotatable bonds is 5. The van der Waals surface area contributed by atoms with Crippen LogP contribution in [0.2, 0.25) is 5.02 Å². The fraction of sp³-hybridized carbons (Fsp3) is 0.231. The molecule has 0 saturated carbocycles. The number of carboxylic acid groups (broad SMARTS) is 1. The number of imidazole rings is 1. The zero-order valence-corrected chi connectivity index (χ0v) is 10.5. The Morgan fingerprint density at radius 3 is 2.72 bits per heavy atom. The summed E-state index contributed by atoms with van der Waals surface area (Å²) >= 11 is 5.80. The molecule has 0 radical (unpaired) electrons. The molecule has 94 valence electrons. The molecule has 0 aliphatic heterocycles. The van der Waals surface area contributed by atoms with Gasteiger partial charge in [-0.2, -0.15) is 0 Å². The van der Waals surface area contributed by atoms with Gasteiger partial charge in [0.1, 0.15) is 0 Å². The number of aromatic nitrogens is 2. The van der Waals surface area contributed by atoms with E-state index in [4.69, 9.17) is 16.7 Å². The van der Waals surface area contributed by atoms with Crippen LogP contribution in [0.25, 0.3) is 0 Å². The minimum atomic E-state index is -0.994. The zero-order valence-electron chi connectivity index (χ0n) is 9.71. The van der Waals surface area contributed by atoms with Crippen molar-refractivity contribution in [1.82, 2.24) is 9.55 Å². The van der Waals surface area contributed by atoms with Crippen molar-refractivity contribution in [3.8, 4) is 0 Å². The van der Waals surface area contributed by atoms with Crippen molar-refractivity contribution in [2.45, 2.75) is 19.4 Å². The lowest BCUT2D eigenvalue weighted by Crippen LogP contribution is -2.09. The van der Waals surface area contributed by atoms with Crippen LogP contribution in [-0.4, -0.2) is 20.6 Å². The van der Waals surface area contributed by atoms with E-state index < -0.39 is 5.97 Å². The molecule has 0 aliphatic rings. The fourth-order valence-corrected chi connectivity index (χ4v) is 1.92. The van der Waals surface area contributed by atoms with Gasteiger partial charge in [0, 0.05) is 24.0 Å². The lowest BCUT2D eigenvalue weighted by Gasteiger charge is -2.05. The van der Waals surface area contributed by atoms with E-state index in [2.05, 4.69) is 4.98 Å². The molecule has 4 nitrogen and oxygen atoms in total. The van der Waals surface area contributed by atoms with E-state index in [-0.39, 0.29) is 5.82 Å². The van der Waals surface area contributed by atoms with Crippen LogP contribution in [0, 0.1) is 0 Å². The maximum Gasteiger partial charge on any atom is 0.372 e. The van der Waals surface area contributed by atoms with Crippen LogP contribution in [-0.2, 0) is 13.0 Å². The smallest absolute Gasteiger partial charge is 0.372 e. The third-order valence-electron chi connectivity index (χ3n) is 2.68. The highest BCUT2D eigenvalue weighted by Crippen LogP contribution is 2.11. The summed E-state index contributed by atoms with van der Waals surface area (Å²) in [7, 11) is 0. The monoisotopic (exact) mass is 264 g/mol. The van der Waals surface area contributed by atoms with Gasteiger partial charge in [0.2, 0.25) is 5.82 Å². The molecule has 0 aliphatic carbocycles. The van der Waals surface area contributed by atoms with Gasteiger partial charge >= 0.3 is 5.97 Å². The Labute approximate surface area is 110 Å². The Bertz CT molecular complexity index is 534. The highest BCUT2D eigenvalue weighted by atomic mass is 35.5. The van der Waals surface area contributed by atoms with Crippen LogP contribution in [0.5, 0.6) is 0 Å². The van der Waals surface area contributed by atoms with Gasteiger partial charge in [-0.15, -0.1) is 0 Å². The molecule has 2 aromatic rings. The maximum atomic E-state index is 10.9. The van der Waals surface area contributed by atoms with E-state index in [1.54, 1.807) is 10.8 Å². The summed E-state index contributed by atoms with van der Waals surface area (Å²) in [5, 5.41) is 9.63. The molecule has 0 bridgehead atoms. The molecule has 5 heteroatoms. The second-order valence-electron chi connectivity index (χ2n) is 3.98. The summed E-state index contributed by atoms with van der Waals surface area (Å²) in [6.45, 7) is 0.643. The van der Waals surface area contributed by atoms with E-state index in [1.165, 1.54) is 11.8 Å². The average Bonchev–Trinajstić information content (AvgIpc) is 2.80. The topological polar surface area (TPSA) is 55.1 Å². The minimum Gasteiger partial charge on any atom is -0.475 e. The molecule has 0 fully saturated rings. The van der Waals surface area contributed by atoms with Crippen LogP contribution >= 0.6 is 11.6 Å². The summed E-state index contributed by atoms with van der Waals surface area (Å²) in [4.78, 5) is 14.7. The zero-order chi connectivity index (χ0) is 13.0. The van der Waals surface area contributed by atoms with Crippen LogP contribution in [0.1, 0.15) is 22.6 Å². The highest BCUT2D eigenvalue weighted by molar-refractivity contribution is 6.30. The lowest BCUT2D eigenvalue weighted by atomic mass is 10.1. The average molecular weight is 265 g/mol. The van der Waals surface area contributed by atoms with Gasteiger partial charge in [0.25, 0.3) is 0 Å². The molecule has 1 aromatic heterocycles. The first-order valence-corrected chi connectivity index (χ1v) is 6.03. The molecule has 18 heavy (non-hydrogen) atoms. The van der Waals surface area contributed by atoms with Crippen molar-refractivity contribution in [2.75, 3.05) is 0 Å². The summed E-state index contributed by atoms with van der Waals surface area (Å²) in [6.07, 6.45) is 4.93. The van der Waals surface area contributed by atoms with Gasteiger partial charge in [-0.1, -0.05) is 23.7 Å². The van der Waals surface area contributed by atoms with Gasteiger partial charge in [0.05, 0.1) is 0 Å². The van der Waals surface area contributed by atoms with Crippen molar-refractivity contribution in [1.29, 1.82) is 0 Å². The summed E-state index contributed by atoms with van der Waals surface area (Å²) in [6, 6.07) is 7.68. The Balaban J connectivity index is 1.90. The second-order valence-corrected chi connectivity index (χ2v) is 4.42. The predicted octanol–water partition coefficient (Wildman–Crippen LogP) is 2.87. The van der Waals surface area contributed by atoms with E-state index >= 15 is 0 Å². The van der Waals surface area contributed by atoms with Gasteiger partial charge in [-0.05, 0) is 30.5 Å². The molecule has 2 rings (SSSR count). The molecule has 0 unspecified atom stereocenters. The largest absolute Gasteiger partial charge is 0.475 e.